The largest absolute Gasteiger partial charge is 0.207 e. The molecule has 0 spiro atoms. The van der Waals surface area contributed by atoms with Crippen molar-refractivity contribution in [2.45, 2.75) is 45.4 Å². The highest BCUT2D eigenvalue weighted by Gasteiger charge is 2.15. The Morgan fingerprint density at radius 3 is 1.69 bits per heavy atom. The number of rotatable bonds is 8. The van der Waals surface area contributed by atoms with Crippen molar-refractivity contribution >= 4 is 0 Å². The molecule has 3 aromatic rings. The Morgan fingerprint density at radius 1 is 0.625 bits per heavy atom. The minimum Gasteiger partial charge on any atom is -0.207 e. The topological polar surface area (TPSA) is 23.8 Å². The number of hydrogen-bond donors (Lipinski definition) is 0. The van der Waals surface area contributed by atoms with Gasteiger partial charge in [-0.05, 0) is 84.7 Å². The van der Waals surface area contributed by atoms with Crippen LogP contribution in [0.2, 0.25) is 0 Å². The van der Waals surface area contributed by atoms with E-state index < -0.39 is 28.8 Å². The maximum Gasteiger partial charge on any atom is 0.144 e. The van der Waals surface area contributed by atoms with Crippen LogP contribution in [0.4, 0.5) is 22.0 Å². The molecule has 0 fully saturated rings. The molecule has 0 saturated carbocycles. The van der Waals surface area contributed by atoms with Crippen molar-refractivity contribution in [2.24, 2.45) is 0 Å². The van der Waals surface area contributed by atoms with E-state index in [2.05, 4.69) is 0 Å². The molecule has 0 aromatic heterocycles. The predicted octanol–water partition coefficient (Wildman–Crippen LogP) is 6.78. The summed E-state index contributed by atoms with van der Waals surface area (Å²) in [6, 6.07) is 10.9. The Labute approximate surface area is 184 Å². The van der Waals surface area contributed by atoms with Crippen molar-refractivity contribution in [3.8, 4) is 6.07 Å². The molecule has 0 aliphatic rings. The van der Waals surface area contributed by atoms with Gasteiger partial charge in [-0.1, -0.05) is 25.5 Å². The van der Waals surface area contributed by atoms with Gasteiger partial charge in [-0.2, -0.15) is 5.26 Å². The number of aryl methyl sites for hydroxylation is 4. The van der Waals surface area contributed by atoms with Gasteiger partial charge in [0.05, 0.1) is 0 Å². The lowest BCUT2D eigenvalue weighted by atomic mass is 9.98. The molecule has 32 heavy (non-hydrogen) atoms. The molecule has 0 heterocycles. The van der Waals surface area contributed by atoms with Crippen molar-refractivity contribution in [1.29, 1.82) is 5.26 Å². The first-order chi connectivity index (χ1) is 15.3. The van der Waals surface area contributed by atoms with E-state index in [1.54, 1.807) is 6.07 Å². The monoisotopic (exact) mass is 443 g/mol. The number of nitrogens with zero attached hydrogens (tertiary/aromatic N) is 1. The lowest BCUT2D eigenvalue weighted by molar-refractivity contribution is 0.549. The third kappa shape index (κ3) is 5.53. The van der Waals surface area contributed by atoms with Gasteiger partial charge in [0.2, 0.25) is 0 Å². The lowest BCUT2D eigenvalue weighted by Crippen LogP contribution is -2.03. The van der Waals surface area contributed by atoms with E-state index in [4.69, 9.17) is 5.26 Å². The number of nitriles is 1. The minimum atomic E-state index is -1.01. The van der Waals surface area contributed by atoms with Crippen LogP contribution in [-0.4, -0.2) is 0 Å². The van der Waals surface area contributed by atoms with E-state index >= 15 is 0 Å². The Balaban J connectivity index is 1.68. The fraction of sp³-hybridized carbons (Fsp3) is 0.269. The molecule has 0 aliphatic heterocycles. The van der Waals surface area contributed by atoms with E-state index in [1.165, 1.54) is 24.3 Å². The molecular weight excluding hydrogens is 421 g/mol. The van der Waals surface area contributed by atoms with Crippen molar-refractivity contribution in [1.82, 2.24) is 0 Å². The molecule has 0 atom stereocenters. The lowest BCUT2D eigenvalue weighted by Gasteiger charge is -2.10. The zero-order chi connectivity index (χ0) is 23.3. The quantitative estimate of drug-likeness (QED) is 0.352. The second kappa shape index (κ2) is 10.4. The first-order valence-corrected chi connectivity index (χ1v) is 10.4. The second-order valence-electron chi connectivity index (χ2n) is 7.76. The normalized spacial score (nSPS) is 10.9. The molecule has 166 valence electrons. The van der Waals surface area contributed by atoms with Gasteiger partial charge in [-0.15, -0.1) is 0 Å². The van der Waals surface area contributed by atoms with Gasteiger partial charge in [0.25, 0.3) is 0 Å². The van der Waals surface area contributed by atoms with E-state index in [0.29, 0.717) is 17.5 Å². The minimum absolute atomic E-state index is 0.00204. The molecule has 0 bridgehead atoms. The highest BCUT2D eigenvalue weighted by atomic mass is 19.1. The van der Waals surface area contributed by atoms with E-state index in [-0.39, 0.29) is 36.2 Å². The summed E-state index contributed by atoms with van der Waals surface area (Å²) >= 11 is 0. The van der Waals surface area contributed by atoms with Crippen LogP contribution in [0.15, 0.2) is 42.5 Å². The summed E-state index contributed by atoms with van der Waals surface area (Å²) < 4.78 is 70.8. The SMILES string of the molecule is CCCc1ccc(CCc2cc(F)c(CCc3cc(F)c(C#N)c(F)c3)c(F)c2)c(F)c1. The maximum atomic E-state index is 14.5. The fourth-order valence-electron chi connectivity index (χ4n) is 3.70. The summed E-state index contributed by atoms with van der Waals surface area (Å²) in [7, 11) is 0. The van der Waals surface area contributed by atoms with Gasteiger partial charge in [-0.25, -0.2) is 22.0 Å². The third-order valence-corrected chi connectivity index (χ3v) is 5.42. The Bertz CT molecular complexity index is 1120. The van der Waals surface area contributed by atoms with Crippen molar-refractivity contribution in [3.05, 3.63) is 105 Å². The van der Waals surface area contributed by atoms with E-state index in [0.717, 1.165) is 30.5 Å². The standard InChI is InChI=1S/C26H22F5N/c1-2-3-16-4-7-19(22(27)10-16)8-5-17-11-23(28)20(24(29)12-17)9-6-18-13-25(30)21(15-32)26(31)14-18/h4,7,10-14H,2-3,5-6,8-9H2,1H3. The van der Waals surface area contributed by atoms with Gasteiger partial charge < -0.3 is 0 Å². The molecule has 0 N–H and O–H groups in total. The molecule has 0 saturated heterocycles. The van der Waals surface area contributed by atoms with Crippen LogP contribution < -0.4 is 0 Å². The molecule has 0 radical (unpaired) electrons. The Hall–Kier alpha value is -3.20. The molecule has 1 nitrogen and oxygen atoms in total. The second-order valence-corrected chi connectivity index (χ2v) is 7.76. The van der Waals surface area contributed by atoms with E-state index in [9.17, 15) is 22.0 Å². The van der Waals surface area contributed by atoms with Crippen molar-refractivity contribution in [3.63, 3.8) is 0 Å². The highest BCUT2D eigenvalue weighted by Crippen LogP contribution is 2.22. The van der Waals surface area contributed by atoms with Crippen LogP contribution in [0.25, 0.3) is 0 Å². The smallest absolute Gasteiger partial charge is 0.144 e. The van der Waals surface area contributed by atoms with Gasteiger partial charge in [-0.3, -0.25) is 0 Å². The van der Waals surface area contributed by atoms with Crippen molar-refractivity contribution in [2.75, 3.05) is 0 Å². The van der Waals surface area contributed by atoms with E-state index in [1.807, 2.05) is 13.0 Å². The van der Waals surface area contributed by atoms with Crippen LogP contribution in [-0.2, 0) is 32.1 Å². The van der Waals surface area contributed by atoms with Crippen LogP contribution in [0, 0.1) is 40.4 Å². The molecule has 3 aromatic carbocycles. The predicted molar refractivity (Wildman–Crippen MR) is 113 cm³/mol. The van der Waals surface area contributed by atoms with Crippen LogP contribution in [0.1, 0.15) is 46.7 Å². The van der Waals surface area contributed by atoms with Crippen LogP contribution in [0.3, 0.4) is 0 Å². The highest BCUT2D eigenvalue weighted by molar-refractivity contribution is 5.36. The average molecular weight is 443 g/mol. The summed E-state index contributed by atoms with van der Waals surface area (Å²) in [5.41, 5.74) is 1.12. The molecular formula is C26H22F5N. The van der Waals surface area contributed by atoms with Crippen LogP contribution >= 0.6 is 0 Å². The number of hydrogen-bond acceptors (Lipinski definition) is 1. The van der Waals surface area contributed by atoms with Crippen molar-refractivity contribution < 1.29 is 22.0 Å². The first-order valence-electron chi connectivity index (χ1n) is 10.4. The zero-order valence-electron chi connectivity index (χ0n) is 17.6. The summed E-state index contributed by atoms with van der Waals surface area (Å²) in [6.45, 7) is 2.01. The Morgan fingerprint density at radius 2 is 1.16 bits per heavy atom. The molecule has 6 heteroatoms. The number of benzene rings is 3. The van der Waals surface area contributed by atoms with Gasteiger partial charge in [0.1, 0.15) is 40.7 Å². The Kier molecular flexibility index (Phi) is 7.63. The first kappa shape index (κ1) is 23.5. The maximum absolute atomic E-state index is 14.5. The summed E-state index contributed by atoms with van der Waals surface area (Å²) in [4.78, 5) is 0. The molecule has 0 aliphatic carbocycles. The van der Waals surface area contributed by atoms with Gasteiger partial charge >= 0.3 is 0 Å². The van der Waals surface area contributed by atoms with Crippen LogP contribution in [0.5, 0.6) is 0 Å². The average Bonchev–Trinajstić information content (AvgIpc) is 2.72. The molecule has 0 unspecified atom stereocenters. The fourth-order valence-corrected chi connectivity index (χ4v) is 3.70. The summed E-state index contributed by atoms with van der Waals surface area (Å²) in [5.74, 6) is -3.85. The molecule has 0 amide bonds. The zero-order valence-corrected chi connectivity index (χ0v) is 17.6. The summed E-state index contributed by atoms with van der Waals surface area (Å²) in [6.07, 6.45) is 2.18. The number of halogens is 5. The van der Waals surface area contributed by atoms with Gasteiger partial charge in [0.15, 0.2) is 0 Å². The summed E-state index contributed by atoms with van der Waals surface area (Å²) in [5, 5.41) is 8.71. The van der Waals surface area contributed by atoms with Gasteiger partial charge in [0, 0.05) is 5.56 Å². The molecule has 3 rings (SSSR count). The third-order valence-electron chi connectivity index (χ3n) is 5.42.